The van der Waals surface area contributed by atoms with Crippen molar-refractivity contribution in [1.82, 2.24) is 39.0 Å². The standard InChI is InChI=1S/C55H71N12O13PSi2/c1-12-27-74-81(71,75-29-20-26-57)78-41-37(76-52(44(41)80-83(10,11)55(5,6)7)67-34-63-39-46(59-32-61-48(39)67)65-50(70)36-23-17-14-18-24-36)30-73-53(72-28-19-25-56)43-40(68)42(79-82(8,9)54(2,3)4)51(77-43)66-33-62-38-45(58-31-60-47(38)66)64-49(69)35-21-15-13-16-22-35/h12-18,21-24,31-34,37,40-44,51-53,68H,1,19-20,27-30H2,2-11H3,(H,58,60,64,69)(H,59,61,65,70)/t37-,40+,41-,42-,43+,44-,51-,52-,53?,81?/m1/s1. The van der Waals surface area contributed by atoms with E-state index in [0.717, 1.165) is 0 Å². The van der Waals surface area contributed by atoms with Gasteiger partial charge in [-0.2, -0.15) is 10.5 Å². The number of hydrogen-bond donors (Lipinski definition) is 3. The molecule has 0 aliphatic carbocycles. The zero-order chi connectivity index (χ0) is 59.9. The zero-order valence-corrected chi connectivity index (χ0v) is 51.0. The van der Waals surface area contributed by atoms with Crippen molar-refractivity contribution in [2.24, 2.45) is 0 Å². The Kier molecular flexibility index (Phi) is 19.7. The van der Waals surface area contributed by atoms with Crippen molar-refractivity contribution in [2.45, 2.75) is 146 Å². The molecular formula is C55H71N12O13PSi2. The number of aliphatic hydroxyl groups excluding tert-OH is 1. The van der Waals surface area contributed by atoms with Crippen LogP contribution in [0.2, 0.25) is 36.3 Å². The summed E-state index contributed by atoms with van der Waals surface area (Å²) in [5.41, 5.74) is 1.68. The van der Waals surface area contributed by atoms with Crippen LogP contribution in [-0.2, 0) is 45.9 Å². The number of nitrogens with zero attached hydrogens (tertiary/aromatic N) is 10. The van der Waals surface area contributed by atoms with Crippen LogP contribution in [0.25, 0.3) is 22.3 Å². The molecule has 2 saturated heterocycles. The topological polar surface area (TPSA) is 313 Å². The van der Waals surface area contributed by atoms with Gasteiger partial charge in [0, 0.05) is 11.1 Å². The van der Waals surface area contributed by atoms with E-state index in [1.54, 1.807) is 69.8 Å². The Balaban J connectivity index is 1.19. The van der Waals surface area contributed by atoms with Crippen molar-refractivity contribution in [3.8, 4) is 12.1 Å². The number of carbonyl (C=O) groups is 2. The average Bonchev–Trinajstić information content (AvgIpc) is 4.44. The number of fused-ring (bicyclic) bond motifs is 2. The first-order valence-corrected chi connectivity index (χ1v) is 34.3. The van der Waals surface area contributed by atoms with E-state index >= 15 is 0 Å². The first-order valence-electron chi connectivity index (χ1n) is 27.0. The van der Waals surface area contributed by atoms with Gasteiger partial charge in [-0.1, -0.05) is 84.0 Å². The van der Waals surface area contributed by atoms with Gasteiger partial charge in [-0.05, 0) is 60.5 Å². The summed E-state index contributed by atoms with van der Waals surface area (Å²) in [6, 6.07) is 21.3. The molecule has 6 heterocycles. The Hall–Kier alpha value is -6.54. The highest BCUT2D eigenvalue weighted by atomic mass is 31.2. The number of anilines is 2. The van der Waals surface area contributed by atoms with Gasteiger partial charge in [0.2, 0.25) is 0 Å². The Morgan fingerprint density at radius 1 is 0.723 bits per heavy atom. The van der Waals surface area contributed by atoms with Crippen LogP contribution in [0.5, 0.6) is 0 Å². The molecular weight excluding hydrogens is 1120 g/mol. The van der Waals surface area contributed by atoms with Crippen LogP contribution in [-0.4, -0.2) is 142 Å². The third-order valence-corrected chi connectivity index (χ3v) is 25.5. The van der Waals surface area contributed by atoms with Crippen molar-refractivity contribution >= 4 is 70.2 Å². The average molecular weight is 1200 g/mol. The Bertz CT molecular complexity index is 3370. The number of aliphatic hydroxyl groups is 1. The maximum Gasteiger partial charge on any atom is 0.475 e. The van der Waals surface area contributed by atoms with E-state index in [4.69, 9.17) is 41.4 Å². The maximum atomic E-state index is 14.9. The van der Waals surface area contributed by atoms with Crippen molar-refractivity contribution in [2.75, 3.05) is 37.1 Å². The lowest BCUT2D eigenvalue weighted by Crippen LogP contribution is -2.50. The molecule has 0 radical (unpaired) electrons. The fraction of sp³-hybridized carbons (Fsp3) is 0.491. The molecule has 2 aliphatic heterocycles. The zero-order valence-electron chi connectivity index (χ0n) is 48.1. The van der Waals surface area contributed by atoms with Crippen LogP contribution in [0, 0.1) is 22.7 Å². The molecule has 2 aromatic carbocycles. The number of nitriles is 2. The Morgan fingerprint density at radius 3 is 1.71 bits per heavy atom. The third kappa shape index (κ3) is 14.2. The molecule has 0 bridgehead atoms. The molecule has 2 aliphatic rings. The molecule has 8 rings (SSSR count). The first-order chi connectivity index (χ1) is 39.4. The second-order valence-electron chi connectivity index (χ2n) is 22.8. The molecule has 3 N–H and O–H groups in total. The number of aromatic nitrogens is 8. The van der Waals surface area contributed by atoms with E-state index in [0.29, 0.717) is 11.1 Å². The molecule has 4 aromatic heterocycles. The summed E-state index contributed by atoms with van der Waals surface area (Å²) in [6.45, 7) is 22.9. The number of benzene rings is 2. The van der Waals surface area contributed by atoms with Crippen molar-refractivity contribution in [3.05, 3.63) is 110 Å². The molecule has 28 heteroatoms. The van der Waals surface area contributed by atoms with Crippen LogP contribution in [0.1, 0.15) is 87.6 Å². The molecule has 10 atom stereocenters. The number of imidazole rings is 2. The molecule has 0 spiro atoms. The van der Waals surface area contributed by atoms with Crippen molar-refractivity contribution in [3.63, 3.8) is 0 Å². The van der Waals surface area contributed by atoms with E-state index in [1.165, 1.54) is 31.4 Å². The molecule has 2 unspecified atom stereocenters. The SMILES string of the molecule is C=CCOP(=O)(OCCC#N)O[C@H]1[C@@H](O[Si](C)(C)C(C)(C)C)[C@H](n2cnc3c(NC(=O)c4ccccc4)ncnc32)O[C@@H]1COC(OCCC#N)[C@H]1O[C@@H](n2cnc3c(NC(=O)c4ccccc4)ncnc32)[C@H](O[Si](C)(C)C(C)(C)C)[C@@H]1O. The van der Waals surface area contributed by atoms with Crippen LogP contribution >= 0.6 is 7.82 Å². The lowest BCUT2D eigenvalue weighted by atomic mass is 10.1. The summed E-state index contributed by atoms with van der Waals surface area (Å²) >= 11 is 0. The Labute approximate surface area is 483 Å². The minimum absolute atomic E-state index is 0.0834. The largest absolute Gasteiger partial charge is 0.475 e. The summed E-state index contributed by atoms with van der Waals surface area (Å²) in [6.07, 6.45) is -4.99. The predicted molar refractivity (Wildman–Crippen MR) is 308 cm³/mol. The van der Waals surface area contributed by atoms with E-state index < -0.39 is 103 Å². The van der Waals surface area contributed by atoms with Gasteiger partial charge in [0.1, 0.15) is 49.3 Å². The minimum atomic E-state index is -4.63. The highest BCUT2D eigenvalue weighted by Gasteiger charge is 2.57. The smallest absolute Gasteiger partial charge is 0.407 e. The third-order valence-electron chi connectivity index (χ3n) is 15.1. The van der Waals surface area contributed by atoms with Gasteiger partial charge in [0.15, 0.2) is 69.3 Å². The van der Waals surface area contributed by atoms with Gasteiger partial charge >= 0.3 is 7.82 Å². The van der Waals surface area contributed by atoms with Crippen LogP contribution in [0.3, 0.4) is 0 Å². The number of nitrogens with one attached hydrogen (secondary N) is 2. The fourth-order valence-electron chi connectivity index (χ4n) is 8.64. The number of phosphoric acid groups is 1. The van der Waals surface area contributed by atoms with Gasteiger partial charge in [-0.15, -0.1) is 6.58 Å². The molecule has 0 saturated carbocycles. The summed E-state index contributed by atoms with van der Waals surface area (Å²) in [7, 11) is -10.3. The van der Waals surface area contributed by atoms with Gasteiger partial charge < -0.3 is 43.5 Å². The highest BCUT2D eigenvalue weighted by molar-refractivity contribution is 7.48. The van der Waals surface area contributed by atoms with Gasteiger partial charge in [0.05, 0.1) is 64.1 Å². The number of phosphoric ester groups is 1. The highest BCUT2D eigenvalue weighted by Crippen LogP contribution is 2.55. The van der Waals surface area contributed by atoms with Gasteiger partial charge in [-0.25, -0.2) is 34.5 Å². The van der Waals surface area contributed by atoms with E-state index in [-0.39, 0.29) is 71.7 Å². The number of amides is 2. The van der Waals surface area contributed by atoms with Crippen LogP contribution in [0.4, 0.5) is 11.6 Å². The molecule has 6 aromatic rings. The lowest BCUT2D eigenvalue weighted by Gasteiger charge is -2.41. The van der Waals surface area contributed by atoms with E-state index in [1.807, 2.05) is 53.0 Å². The lowest BCUT2D eigenvalue weighted by molar-refractivity contribution is -0.232. The van der Waals surface area contributed by atoms with Gasteiger partial charge in [0.25, 0.3) is 11.8 Å². The number of rotatable bonds is 25. The number of ether oxygens (including phenoxy) is 4. The monoisotopic (exact) mass is 1190 g/mol. The van der Waals surface area contributed by atoms with E-state index in [2.05, 4.69) is 74.0 Å². The Morgan fingerprint density at radius 2 is 1.22 bits per heavy atom. The second-order valence-corrected chi connectivity index (χ2v) is 33.9. The van der Waals surface area contributed by atoms with Crippen LogP contribution < -0.4 is 10.6 Å². The van der Waals surface area contributed by atoms with E-state index in [9.17, 15) is 29.8 Å². The number of hydrogen-bond acceptors (Lipinski definition) is 21. The molecule has 442 valence electrons. The second kappa shape index (κ2) is 26.2. The van der Waals surface area contributed by atoms with Crippen molar-refractivity contribution < 1.29 is 60.6 Å². The molecule has 83 heavy (non-hydrogen) atoms. The summed E-state index contributed by atoms with van der Waals surface area (Å²) in [4.78, 5) is 53.9. The predicted octanol–water partition coefficient (Wildman–Crippen LogP) is 9.01. The summed E-state index contributed by atoms with van der Waals surface area (Å²) < 4.78 is 77.3. The summed E-state index contributed by atoms with van der Waals surface area (Å²) in [5.74, 6) is -0.623. The first kappa shape index (κ1) is 62.5. The van der Waals surface area contributed by atoms with Crippen LogP contribution in [0.15, 0.2) is 98.6 Å². The quantitative estimate of drug-likeness (QED) is 0.0158. The molecule has 2 fully saturated rings. The number of carbonyl (C=O) groups excluding carboxylic acids is 2. The minimum Gasteiger partial charge on any atom is -0.407 e. The maximum absolute atomic E-state index is 14.9. The molecule has 2 amide bonds. The van der Waals surface area contributed by atoms with Gasteiger partial charge in [-0.3, -0.25) is 32.3 Å². The fourth-order valence-corrected chi connectivity index (χ4v) is 12.6. The summed E-state index contributed by atoms with van der Waals surface area (Å²) in [5, 5.41) is 36.8. The van der Waals surface area contributed by atoms with Crippen molar-refractivity contribution in [1.29, 1.82) is 10.5 Å². The molecule has 25 nitrogen and oxygen atoms in total. The normalized spacial score (nSPS) is 22.4.